The molecule has 8 heteroatoms. The minimum absolute atomic E-state index is 0.601. The van der Waals surface area contributed by atoms with Gasteiger partial charge in [0.25, 0.3) is 0 Å². The molecule has 15 heavy (non-hydrogen) atoms. The molecule has 3 N–H and O–H groups in total. The molecule has 0 bridgehead atoms. The minimum Gasteiger partial charge on any atom is -0.342 e. The van der Waals surface area contributed by atoms with E-state index in [-0.39, 0.29) is 0 Å². The summed E-state index contributed by atoms with van der Waals surface area (Å²) >= 11 is 0. The van der Waals surface area contributed by atoms with Crippen LogP contribution in [0.3, 0.4) is 0 Å². The lowest BCUT2D eigenvalue weighted by Gasteiger charge is -1.88. The highest BCUT2D eigenvalue weighted by Gasteiger charge is 1.96. The fourth-order valence-corrected chi connectivity index (χ4v) is 0.848. The van der Waals surface area contributed by atoms with Crippen LogP contribution < -0.4 is 0 Å². The van der Waals surface area contributed by atoms with Crippen LogP contribution in [0.15, 0.2) is 19.1 Å². The van der Waals surface area contributed by atoms with E-state index in [4.69, 9.17) is 14.4 Å². The number of hydrogen-bond donors (Lipinski definition) is 3. The first-order valence-corrected chi connectivity index (χ1v) is 4.93. The molecule has 2 aromatic heterocycles. The van der Waals surface area contributed by atoms with Gasteiger partial charge in [-0.1, -0.05) is 6.58 Å². The van der Waals surface area contributed by atoms with E-state index in [2.05, 4.69) is 26.5 Å². The molecule has 0 aliphatic heterocycles. The van der Waals surface area contributed by atoms with Gasteiger partial charge in [0.05, 0.1) is 12.5 Å². The Hall–Kier alpha value is -1.69. The van der Waals surface area contributed by atoms with Gasteiger partial charge >= 0.3 is 8.25 Å². The molecule has 0 fully saturated rings. The zero-order valence-corrected chi connectivity index (χ0v) is 8.43. The van der Waals surface area contributed by atoms with Crippen molar-refractivity contribution in [2.75, 3.05) is 0 Å². The third kappa shape index (κ3) is 3.51. The zero-order chi connectivity index (χ0) is 11.3. The van der Waals surface area contributed by atoms with Crippen LogP contribution in [0.4, 0.5) is 0 Å². The lowest BCUT2D eigenvalue weighted by Crippen LogP contribution is -1.86. The van der Waals surface area contributed by atoms with Gasteiger partial charge in [0.15, 0.2) is 11.5 Å². The number of imidazole rings is 1. The van der Waals surface area contributed by atoms with Gasteiger partial charge in [-0.15, -0.1) is 9.79 Å². The maximum Gasteiger partial charge on any atom is 0.692 e. The molecule has 0 saturated carbocycles. The number of fused-ring (bicyclic) bond motifs is 1. The molecule has 0 saturated heterocycles. The Bertz CT molecular complexity index is 480. The van der Waals surface area contributed by atoms with Crippen LogP contribution in [-0.4, -0.2) is 29.7 Å². The van der Waals surface area contributed by atoms with Crippen molar-refractivity contribution in [3.8, 4) is 0 Å². The topological polar surface area (TPSA) is 112 Å². The average Bonchev–Trinajstić information content (AvgIpc) is 2.63. The number of H-pyrrole nitrogens is 1. The summed E-state index contributed by atoms with van der Waals surface area (Å²) in [6, 6.07) is 0. The standard InChI is InChI=1S/C7H6N4.HO3P/c1-2-6-8-3-5-7(11-6)10-4-9-5;1-4(2)3/h2-4H,1H2,(H,8,9,10,11);(H-,1,2,3)/p+1. The summed E-state index contributed by atoms with van der Waals surface area (Å²) in [4.78, 5) is 29.2. The molecule has 0 aromatic carbocycles. The molecule has 0 aliphatic rings. The summed E-state index contributed by atoms with van der Waals surface area (Å²) in [5.41, 5.74) is 1.52. The summed E-state index contributed by atoms with van der Waals surface area (Å²) in [5.74, 6) is 0.601. The molecule has 0 aliphatic carbocycles. The van der Waals surface area contributed by atoms with Crippen LogP contribution in [0, 0.1) is 0 Å². The molecule has 0 unspecified atom stereocenters. The second kappa shape index (κ2) is 5.26. The van der Waals surface area contributed by atoms with Crippen LogP contribution >= 0.6 is 8.25 Å². The van der Waals surface area contributed by atoms with Crippen molar-refractivity contribution >= 4 is 25.5 Å². The van der Waals surface area contributed by atoms with Crippen LogP contribution in [0.2, 0.25) is 0 Å². The lowest BCUT2D eigenvalue weighted by molar-refractivity contribution is 0.405. The Morgan fingerprint density at radius 1 is 1.47 bits per heavy atom. The first-order valence-electron chi connectivity index (χ1n) is 3.77. The molecule has 2 aromatic rings. The van der Waals surface area contributed by atoms with Gasteiger partial charge in [-0.05, 0) is 6.08 Å². The van der Waals surface area contributed by atoms with Gasteiger partial charge in [0.1, 0.15) is 5.52 Å². The Morgan fingerprint density at radius 2 is 2.13 bits per heavy atom. The number of rotatable bonds is 1. The van der Waals surface area contributed by atoms with Crippen molar-refractivity contribution in [3.63, 3.8) is 0 Å². The van der Waals surface area contributed by atoms with Crippen molar-refractivity contribution in [2.24, 2.45) is 0 Å². The van der Waals surface area contributed by atoms with E-state index in [9.17, 15) is 0 Å². The third-order valence-electron chi connectivity index (χ3n) is 1.38. The van der Waals surface area contributed by atoms with Gasteiger partial charge in [0, 0.05) is 4.57 Å². The van der Waals surface area contributed by atoms with Crippen molar-refractivity contribution in [1.29, 1.82) is 0 Å². The Balaban J connectivity index is 0.000000245. The zero-order valence-electron chi connectivity index (χ0n) is 7.53. The Morgan fingerprint density at radius 3 is 2.73 bits per heavy atom. The minimum atomic E-state index is -2.87. The SMILES string of the molecule is C=Cc1ncc2[nH]cnc2n1.O=[P+](O)O. The first-order chi connectivity index (χ1) is 7.13. The van der Waals surface area contributed by atoms with E-state index in [0.29, 0.717) is 11.5 Å². The van der Waals surface area contributed by atoms with Gasteiger partial charge in [-0.3, -0.25) is 0 Å². The van der Waals surface area contributed by atoms with Gasteiger partial charge in [0.2, 0.25) is 0 Å². The van der Waals surface area contributed by atoms with Crippen molar-refractivity contribution in [1.82, 2.24) is 19.9 Å². The van der Waals surface area contributed by atoms with Gasteiger partial charge < -0.3 is 4.98 Å². The second-order valence-corrected chi connectivity index (χ2v) is 2.83. The van der Waals surface area contributed by atoms with Crippen LogP contribution in [-0.2, 0) is 4.57 Å². The van der Waals surface area contributed by atoms with E-state index < -0.39 is 8.25 Å². The maximum atomic E-state index is 8.70. The molecule has 0 spiro atoms. The molecule has 2 heterocycles. The fraction of sp³-hybridized carbons (Fsp3) is 0. The van der Waals surface area contributed by atoms with E-state index in [0.717, 1.165) is 5.52 Å². The van der Waals surface area contributed by atoms with E-state index in [1.165, 1.54) is 0 Å². The van der Waals surface area contributed by atoms with Gasteiger partial charge in [-0.2, -0.15) is 0 Å². The number of aromatic amines is 1. The first kappa shape index (κ1) is 11.4. The quantitative estimate of drug-likeness (QED) is 0.616. The smallest absolute Gasteiger partial charge is 0.342 e. The predicted octanol–water partition coefficient (Wildman–Crippen LogP) is 0.624. The number of hydrogen-bond acceptors (Lipinski definition) is 4. The highest BCUT2D eigenvalue weighted by atomic mass is 31.1. The largest absolute Gasteiger partial charge is 0.692 e. The second-order valence-electron chi connectivity index (χ2n) is 2.32. The van der Waals surface area contributed by atoms with Crippen molar-refractivity contribution < 1.29 is 14.4 Å². The molecule has 2 rings (SSSR count). The molecule has 78 valence electrons. The number of nitrogens with zero attached hydrogens (tertiary/aromatic N) is 3. The summed E-state index contributed by atoms with van der Waals surface area (Å²) < 4.78 is 8.70. The Labute approximate surface area is 85.5 Å². The summed E-state index contributed by atoms with van der Waals surface area (Å²) in [5, 5.41) is 0. The number of nitrogens with one attached hydrogen (secondary N) is 1. The van der Waals surface area contributed by atoms with Gasteiger partial charge in [-0.25, -0.2) is 15.0 Å². The molecule has 0 amide bonds. The Kier molecular flexibility index (Phi) is 3.99. The third-order valence-corrected chi connectivity index (χ3v) is 1.38. The highest BCUT2D eigenvalue weighted by molar-refractivity contribution is 7.30. The van der Waals surface area contributed by atoms with E-state index >= 15 is 0 Å². The summed E-state index contributed by atoms with van der Waals surface area (Å²) in [7, 11) is -2.87. The maximum absolute atomic E-state index is 8.70. The average molecular weight is 227 g/mol. The number of aromatic nitrogens is 4. The van der Waals surface area contributed by atoms with E-state index in [1.807, 2.05) is 0 Å². The van der Waals surface area contributed by atoms with Crippen molar-refractivity contribution in [3.05, 3.63) is 24.9 Å². The lowest BCUT2D eigenvalue weighted by atomic mass is 10.5. The van der Waals surface area contributed by atoms with Crippen LogP contribution in [0.25, 0.3) is 17.2 Å². The fourth-order valence-electron chi connectivity index (χ4n) is 0.848. The highest BCUT2D eigenvalue weighted by Crippen LogP contribution is 2.03. The molecule has 7 nitrogen and oxygen atoms in total. The summed E-state index contributed by atoms with van der Waals surface area (Å²) in [6.45, 7) is 3.56. The summed E-state index contributed by atoms with van der Waals surface area (Å²) in [6.07, 6.45) is 4.87. The normalized spacial score (nSPS) is 9.20. The molecule has 0 atom stereocenters. The monoisotopic (exact) mass is 227 g/mol. The molecular formula is C7H8N4O3P+. The molecular weight excluding hydrogens is 219 g/mol. The van der Waals surface area contributed by atoms with Crippen LogP contribution in [0.5, 0.6) is 0 Å². The van der Waals surface area contributed by atoms with E-state index in [1.54, 1.807) is 18.6 Å². The predicted molar refractivity (Wildman–Crippen MR) is 53.8 cm³/mol. The van der Waals surface area contributed by atoms with Crippen LogP contribution in [0.1, 0.15) is 5.82 Å². The molecule has 0 radical (unpaired) electrons. The van der Waals surface area contributed by atoms with Crippen molar-refractivity contribution in [2.45, 2.75) is 0 Å².